The first kappa shape index (κ1) is 19.0. The van der Waals surface area contributed by atoms with Crippen LogP contribution in [0.15, 0.2) is 54.6 Å². The predicted octanol–water partition coefficient (Wildman–Crippen LogP) is 2.86. The van der Waals surface area contributed by atoms with Gasteiger partial charge in [-0.3, -0.25) is 9.10 Å². The van der Waals surface area contributed by atoms with Crippen LogP contribution in [0.4, 0.5) is 5.69 Å². The number of hydrogen-bond acceptors (Lipinski definition) is 3. The average Bonchev–Trinajstić information content (AvgIpc) is 2.58. The van der Waals surface area contributed by atoms with Crippen LogP contribution < -0.4 is 9.62 Å². The van der Waals surface area contributed by atoms with Crippen LogP contribution >= 0.6 is 0 Å². The van der Waals surface area contributed by atoms with Crippen molar-refractivity contribution in [2.75, 3.05) is 10.6 Å². The lowest BCUT2D eigenvalue weighted by Crippen LogP contribution is -2.49. The van der Waals surface area contributed by atoms with Crippen LogP contribution in [0.5, 0.6) is 0 Å². The Hall–Kier alpha value is -2.34. The van der Waals surface area contributed by atoms with Crippen LogP contribution in [0.1, 0.15) is 24.5 Å². The summed E-state index contributed by atoms with van der Waals surface area (Å²) < 4.78 is 25.9. The van der Waals surface area contributed by atoms with Gasteiger partial charge in [-0.1, -0.05) is 55.0 Å². The first-order chi connectivity index (χ1) is 11.8. The van der Waals surface area contributed by atoms with Crippen LogP contribution in [0, 0.1) is 6.92 Å². The van der Waals surface area contributed by atoms with Crippen molar-refractivity contribution in [1.29, 1.82) is 0 Å². The molecule has 0 saturated heterocycles. The molecule has 0 aliphatic heterocycles. The Morgan fingerprint density at radius 1 is 1.08 bits per heavy atom. The number of aryl methyl sites for hydroxylation is 1. The van der Waals surface area contributed by atoms with Gasteiger partial charge in [-0.05, 0) is 31.0 Å². The SMILES string of the molecule is CC[C@H](C(=O)NCc1ccccc1)N(c1ccc(C)cc1)S(C)(=O)=O. The average molecular weight is 360 g/mol. The molecule has 0 spiro atoms. The Kier molecular flexibility index (Phi) is 6.20. The van der Waals surface area contributed by atoms with Gasteiger partial charge >= 0.3 is 0 Å². The van der Waals surface area contributed by atoms with E-state index in [0.717, 1.165) is 17.4 Å². The fourth-order valence-corrected chi connectivity index (χ4v) is 3.87. The van der Waals surface area contributed by atoms with Gasteiger partial charge < -0.3 is 5.32 Å². The van der Waals surface area contributed by atoms with E-state index in [-0.39, 0.29) is 5.91 Å². The number of rotatable bonds is 7. The molecule has 6 heteroatoms. The third-order valence-electron chi connectivity index (χ3n) is 3.93. The molecule has 0 unspecified atom stereocenters. The quantitative estimate of drug-likeness (QED) is 0.826. The predicted molar refractivity (Wildman–Crippen MR) is 101 cm³/mol. The minimum Gasteiger partial charge on any atom is -0.350 e. The van der Waals surface area contributed by atoms with Gasteiger partial charge in [0.05, 0.1) is 11.9 Å². The Morgan fingerprint density at radius 3 is 2.20 bits per heavy atom. The molecule has 134 valence electrons. The maximum Gasteiger partial charge on any atom is 0.244 e. The van der Waals surface area contributed by atoms with E-state index in [1.807, 2.05) is 49.4 Å². The molecule has 0 bridgehead atoms. The monoisotopic (exact) mass is 360 g/mol. The van der Waals surface area contributed by atoms with E-state index >= 15 is 0 Å². The minimum atomic E-state index is -3.60. The molecule has 0 aromatic heterocycles. The minimum absolute atomic E-state index is 0.308. The highest BCUT2D eigenvalue weighted by Gasteiger charge is 2.31. The van der Waals surface area contributed by atoms with Gasteiger partial charge in [-0.25, -0.2) is 8.42 Å². The highest BCUT2D eigenvalue weighted by Crippen LogP contribution is 2.23. The third kappa shape index (κ3) is 5.06. The van der Waals surface area contributed by atoms with Gasteiger partial charge in [0.25, 0.3) is 0 Å². The van der Waals surface area contributed by atoms with E-state index in [9.17, 15) is 13.2 Å². The van der Waals surface area contributed by atoms with Gasteiger partial charge in [0.2, 0.25) is 15.9 Å². The molecule has 0 fully saturated rings. The van der Waals surface area contributed by atoms with Crippen molar-refractivity contribution in [3.8, 4) is 0 Å². The van der Waals surface area contributed by atoms with Crippen LogP contribution in [-0.2, 0) is 21.4 Å². The molecule has 2 aromatic carbocycles. The largest absolute Gasteiger partial charge is 0.350 e. The number of carbonyl (C=O) groups is 1. The molecule has 0 heterocycles. The Labute approximate surface area is 149 Å². The topological polar surface area (TPSA) is 66.5 Å². The second-order valence-corrected chi connectivity index (χ2v) is 7.88. The van der Waals surface area contributed by atoms with Crippen molar-refractivity contribution in [2.45, 2.75) is 32.9 Å². The smallest absolute Gasteiger partial charge is 0.244 e. The number of nitrogens with zero attached hydrogens (tertiary/aromatic N) is 1. The first-order valence-electron chi connectivity index (χ1n) is 8.20. The maximum absolute atomic E-state index is 12.7. The molecule has 2 aromatic rings. The molecule has 5 nitrogen and oxygen atoms in total. The molecule has 0 aliphatic rings. The van der Waals surface area contributed by atoms with Crippen LogP contribution in [-0.4, -0.2) is 26.6 Å². The Morgan fingerprint density at radius 2 is 1.68 bits per heavy atom. The summed E-state index contributed by atoms with van der Waals surface area (Å²) in [6.45, 7) is 4.10. The Bertz CT molecular complexity index is 802. The number of nitrogens with one attached hydrogen (secondary N) is 1. The van der Waals surface area contributed by atoms with Crippen molar-refractivity contribution in [3.05, 3.63) is 65.7 Å². The lowest BCUT2D eigenvalue weighted by Gasteiger charge is -2.30. The summed E-state index contributed by atoms with van der Waals surface area (Å²) in [5.41, 5.74) is 2.49. The van der Waals surface area contributed by atoms with Crippen LogP contribution in [0.25, 0.3) is 0 Å². The second-order valence-electron chi connectivity index (χ2n) is 6.02. The molecule has 0 radical (unpaired) electrons. The summed E-state index contributed by atoms with van der Waals surface area (Å²) >= 11 is 0. The van der Waals surface area contributed by atoms with E-state index in [2.05, 4.69) is 5.32 Å². The second kappa shape index (κ2) is 8.16. The van der Waals surface area contributed by atoms with E-state index in [1.165, 1.54) is 4.31 Å². The van der Waals surface area contributed by atoms with Gasteiger partial charge in [0, 0.05) is 6.54 Å². The highest BCUT2D eigenvalue weighted by molar-refractivity contribution is 7.92. The summed E-state index contributed by atoms with van der Waals surface area (Å²) in [6, 6.07) is 15.9. The summed E-state index contributed by atoms with van der Waals surface area (Å²) in [4.78, 5) is 12.7. The highest BCUT2D eigenvalue weighted by atomic mass is 32.2. The molecule has 1 amide bonds. The molecule has 1 atom stereocenters. The van der Waals surface area contributed by atoms with E-state index in [4.69, 9.17) is 0 Å². The number of sulfonamides is 1. The summed E-state index contributed by atoms with van der Waals surface area (Å²) in [5, 5.41) is 2.84. The zero-order valence-corrected chi connectivity index (χ0v) is 15.6. The number of amides is 1. The zero-order chi connectivity index (χ0) is 18.4. The summed E-state index contributed by atoms with van der Waals surface area (Å²) in [6.07, 6.45) is 1.50. The standard InChI is InChI=1S/C19H24N2O3S/c1-4-18(19(22)20-14-16-8-6-5-7-9-16)21(25(3,23)24)17-12-10-15(2)11-13-17/h5-13,18H,4,14H2,1-3H3,(H,20,22)/t18-/m1/s1. The molecular weight excluding hydrogens is 336 g/mol. The van der Waals surface area contributed by atoms with Crippen molar-refractivity contribution < 1.29 is 13.2 Å². The lowest BCUT2D eigenvalue weighted by atomic mass is 10.1. The van der Waals surface area contributed by atoms with E-state index in [0.29, 0.717) is 18.7 Å². The van der Waals surface area contributed by atoms with Crippen LogP contribution in [0.3, 0.4) is 0 Å². The maximum atomic E-state index is 12.7. The Balaban J connectivity index is 2.23. The van der Waals surface area contributed by atoms with Crippen molar-refractivity contribution in [1.82, 2.24) is 5.32 Å². The molecule has 25 heavy (non-hydrogen) atoms. The molecule has 1 N–H and O–H groups in total. The molecule has 0 aliphatic carbocycles. The van der Waals surface area contributed by atoms with Gasteiger partial charge in [-0.2, -0.15) is 0 Å². The number of carbonyl (C=O) groups excluding carboxylic acids is 1. The van der Waals surface area contributed by atoms with Crippen molar-refractivity contribution >= 4 is 21.6 Å². The van der Waals surface area contributed by atoms with Gasteiger partial charge in [0.15, 0.2) is 0 Å². The summed E-state index contributed by atoms with van der Waals surface area (Å²) in [5.74, 6) is -0.308. The molecule has 2 rings (SSSR count). The normalized spacial score (nSPS) is 12.4. The van der Waals surface area contributed by atoms with Crippen LogP contribution in [0.2, 0.25) is 0 Å². The summed E-state index contributed by atoms with van der Waals surface area (Å²) in [7, 11) is -3.60. The molecular formula is C19H24N2O3S. The first-order valence-corrected chi connectivity index (χ1v) is 10.1. The zero-order valence-electron chi connectivity index (χ0n) is 14.8. The fraction of sp³-hybridized carbons (Fsp3) is 0.316. The van der Waals surface area contributed by atoms with E-state index in [1.54, 1.807) is 19.1 Å². The van der Waals surface area contributed by atoms with Gasteiger partial charge in [0.1, 0.15) is 6.04 Å². The van der Waals surface area contributed by atoms with Gasteiger partial charge in [-0.15, -0.1) is 0 Å². The molecule has 0 saturated carbocycles. The van der Waals surface area contributed by atoms with E-state index < -0.39 is 16.1 Å². The number of hydrogen-bond donors (Lipinski definition) is 1. The fourth-order valence-electron chi connectivity index (χ4n) is 2.65. The van der Waals surface area contributed by atoms with Crippen molar-refractivity contribution in [2.24, 2.45) is 0 Å². The third-order valence-corrected chi connectivity index (χ3v) is 5.11. The number of anilines is 1. The lowest BCUT2D eigenvalue weighted by molar-refractivity contribution is -0.122. The number of benzene rings is 2. The van der Waals surface area contributed by atoms with Crippen molar-refractivity contribution in [3.63, 3.8) is 0 Å².